The van der Waals surface area contributed by atoms with E-state index >= 15 is 0 Å². The summed E-state index contributed by atoms with van der Waals surface area (Å²) in [5.41, 5.74) is 7.60. The Kier molecular flexibility index (Phi) is 6.22. The number of fused-ring (bicyclic) bond motifs is 9. The molecule has 0 fully saturated rings. The maximum Gasteiger partial charge on any atom is 0.0433 e. The molecule has 0 spiro atoms. The smallest absolute Gasteiger partial charge is 0.0433 e. The third kappa shape index (κ3) is 4.32. The summed E-state index contributed by atoms with van der Waals surface area (Å²) in [5, 5.41) is 15.5. The van der Waals surface area contributed by atoms with E-state index in [2.05, 4.69) is 182 Å². The van der Waals surface area contributed by atoms with Gasteiger partial charge in [0.15, 0.2) is 0 Å². The molecule has 0 amide bonds. The van der Waals surface area contributed by atoms with Gasteiger partial charge in [-0.2, -0.15) is 0 Å². The molecule has 0 N–H and O–H groups in total. The Labute approximate surface area is 299 Å². The van der Waals surface area contributed by atoms with Gasteiger partial charge in [0.25, 0.3) is 0 Å². The van der Waals surface area contributed by atoms with Crippen LogP contribution in [0.15, 0.2) is 182 Å². The Hall–Kier alpha value is -6.28. The number of hydrogen-bond donors (Lipinski definition) is 0. The fourth-order valence-corrected chi connectivity index (χ4v) is 9.79. The molecular formula is C50H30S. The van der Waals surface area contributed by atoms with Crippen LogP contribution in [0, 0.1) is 0 Å². The second kappa shape index (κ2) is 11.1. The zero-order valence-corrected chi connectivity index (χ0v) is 28.5. The molecule has 51 heavy (non-hydrogen) atoms. The van der Waals surface area contributed by atoms with Gasteiger partial charge in [-0.25, -0.2) is 0 Å². The van der Waals surface area contributed by atoms with E-state index in [-0.39, 0.29) is 0 Å². The van der Waals surface area contributed by atoms with Crippen molar-refractivity contribution in [2.75, 3.05) is 0 Å². The van der Waals surface area contributed by atoms with E-state index < -0.39 is 0 Å². The van der Waals surface area contributed by atoms with Crippen LogP contribution in [-0.4, -0.2) is 0 Å². The molecule has 0 saturated carbocycles. The molecule has 0 aliphatic rings. The third-order valence-electron chi connectivity index (χ3n) is 10.8. The van der Waals surface area contributed by atoms with E-state index in [9.17, 15) is 0 Å². The molecular weight excluding hydrogens is 633 g/mol. The lowest BCUT2D eigenvalue weighted by molar-refractivity contribution is 1.66. The summed E-state index contributed by atoms with van der Waals surface area (Å²) in [6.07, 6.45) is 0. The first kappa shape index (κ1) is 28.5. The van der Waals surface area contributed by atoms with Gasteiger partial charge in [-0.05, 0) is 105 Å². The maximum absolute atomic E-state index is 2.39. The lowest BCUT2D eigenvalue weighted by Crippen LogP contribution is -1.92. The van der Waals surface area contributed by atoms with Gasteiger partial charge in [-0.15, -0.1) is 11.3 Å². The van der Waals surface area contributed by atoms with Gasteiger partial charge >= 0.3 is 0 Å². The zero-order chi connectivity index (χ0) is 33.5. The van der Waals surface area contributed by atoms with E-state index in [0.29, 0.717) is 0 Å². The van der Waals surface area contributed by atoms with Crippen molar-refractivity contribution < 1.29 is 0 Å². The predicted octanol–water partition coefficient (Wildman–Crippen LogP) is 14.8. The largest absolute Gasteiger partial charge is 0.135 e. The quantitative estimate of drug-likeness (QED) is 0.165. The lowest BCUT2D eigenvalue weighted by Gasteiger charge is -2.19. The fourth-order valence-electron chi connectivity index (χ4n) is 8.52. The van der Waals surface area contributed by atoms with Gasteiger partial charge in [0, 0.05) is 20.2 Å². The van der Waals surface area contributed by atoms with Gasteiger partial charge in [0.2, 0.25) is 0 Å². The molecule has 0 saturated heterocycles. The third-order valence-corrected chi connectivity index (χ3v) is 12.0. The Morgan fingerprint density at radius 2 is 0.824 bits per heavy atom. The van der Waals surface area contributed by atoms with Crippen LogP contribution in [0.4, 0.5) is 0 Å². The van der Waals surface area contributed by atoms with Gasteiger partial charge in [0.1, 0.15) is 0 Å². The number of hydrogen-bond acceptors (Lipinski definition) is 1. The molecule has 0 atom stereocenters. The van der Waals surface area contributed by atoms with E-state index in [1.54, 1.807) is 0 Å². The van der Waals surface area contributed by atoms with Gasteiger partial charge < -0.3 is 0 Å². The minimum absolute atomic E-state index is 1.24. The first-order chi connectivity index (χ1) is 25.3. The van der Waals surface area contributed by atoms with Crippen molar-refractivity contribution in [1.82, 2.24) is 0 Å². The SMILES string of the molecule is c1ccc(-c2c3ccccc3c(-c3ccc(-c4ccc5c(ccc6c7cc8ccccc8cc7sc56)c4)c4ccccc34)c3ccccc23)cc1. The summed E-state index contributed by atoms with van der Waals surface area (Å²) < 4.78 is 2.71. The molecule has 10 aromatic carbocycles. The van der Waals surface area contributed by atoms with Crippen LogP contribution < -0.4 is 0 Å². The van der Waals surface area contributed by atoms with Crippen molar-refractivity contribution in [2.45, 2.75) is 0 Å². The molecule has 0 aliphatic carbocycles. The standard InChI is InChI=1S/C50H30S/c1-2-12-31(13-3-1)48-40-18-8-10-20-42(40)49(43-21-11-9-19-41(43)48)44-27-26-36(38-16-6-7-17-39(38)44)34-22-24-37-35(28-34)23-25-45-46-29-32-14-4-5-15-33(32)30-47(46)51-50(37)45/h1-30H. The second-order valence-corrected chi connectivity index (χ2v) is 14.6. The first-order valence-corrected chi connectivity index (χ1v) is 18.4. The highest BCUT2D eigenvalue weighted by atomic mass is 32.1. The number of rotatable bonds is 3. The van der Waals surface area contributed by atoms with Crippen molar-refractivity contribution in [3.8, 4) is 33.4 Å². The highest BCUT2D eigenvalue weighted by Crippen LogP contribution is 2.47. The van der Waals surface area contributed by atoms with Crippen LogP contribution in [0.25, 0.3) is 107 Å². The summed E-state index contributed by atoms with van der Waals surface area (Å²) >= 11 is 1.91. The van der Waals surface area contributed by atoms with Crippen molar-refractivity contribution in [1.29, 1.82) is 0 Å². The van der Waals surface area contributed by atoms with Crippen LogP contribution in [0.3, 0.4) is 0 Å². The molecule has 1 heterocycles. The lowest BCUT2D eigenvalue weighted by atomic mass is 9.84. The molecule has 1 aromatic heterocycles. The average molecular weight is 663 g/mol. The van der Waals surface area contributed by atoms with Crippen LogP contribution in [-0.2, 0) is 0 Å². The van der Waals surface area contributed by atoms with Crippen LogP contribution in [0.5, 0.6) is 0 Å². The summed E-state index contributed by atoms with van der Waals surface area (Å²) in [6, 6.07) is 67.4. The average Bonchev–Trinajstić information content (AvgIpc) is 3.56. The van der Waals surface area contributed by atoms with E-state index in [1.165, 1.54) is 107 Å². The maximum atomic E-state index is 2.39. The monoisotopic (exact) mass is 662 g/mol. The van der Waals surface area contributed by atoms with E-state index in [4.69, 9.17) is 0 Å². The van der Waals surface area contributed by atoms with E-state index in [0.717, 1.165) is 0 Å². The molecule has 0 aliphatic heterocycles. The number of thiophene rings is 1. The van der Waals surface area contributed by atoms with Crippen LogP contribution in [0.1, 0.15) is 0 Å². The Morgan fingerprint density at radius 1 is 0.275 bits per heavy atom. The van der Waals surface area contributed by atoms with Crippen LogP contribution in [0.2, 0.25) is 0 Å². The molecule has 236 valence electrons. The summed E-state index contributed by atoms with van der Waals surface area (Å²) in [6.45, 7) is 0. The van der Waals surface area contributed by atoms with Crippen molar-refractivity contribution in [3.05, 3.63) is 182 Å². The summed E-state index contributed by atoms with van der Waals surface area (Å²) in [5.74, 6) is 0. The van der Waals surface area contributed by atoms with Crippen molar-refractivity contribution >= 4 is 85.4 Å². The summed E-state index contributed by atoms with van der Waals surface area (Å²) in [4.78, 5) is 0. The van der Waals surface area contributed by atoms with E-state index in [1.807, 2.05) is 11.3 Å². The Bertz CT molecular complexity index is 3130. The predicted molar refractivity (Wildman–Crippen MR) is 223 cm³/mol. The highest BCUT2D eigenvalue weighted by molar-refractivity contribution is 7.26. The van der Waals surface area contributed by atoms with Crippen molar-refractivity contribution in [3.63, 3.8) is 0 Å². The second-order valence-electron chi connectivity index (χ2n) is 13.6. The summed E-state index contributed by atoms with van der Waals surface area (Å²) in [7, 11) is 0. The molecule has 1 heteroatoms. The normalized spacial score (nSPS) is 11.9. The van der Waals surface area contributed by atoms with Crippen molar-refractivity contribution in [2.24, 2.45) is 0 Å². The van der Waals surface area contributed by atoms with Gasteiger partial charge in [0.05, 0.1) is 0 Å². The molecule has 0 bridgehead atoms. The number of benzene rings is 10. The van der Waals surface area contributed by atoms with Gasteiger partial charge in [-0.3, -0.25) is 0 Å². The molecule has 11 rings (SSSR count). The topological polar surface area (TPSA) is 0 Å². The zero-order valence-electron chi connectivity index (χ0n) is 27.7. The van der Waals surface area contributed by atoms with Crippen LogP contribution >= 0.6 is 11.3 Å². The minimum atomic E-state index is 1.24. The molecule has 0 radical (unpaired) electrons. The van der Waals surface area contributed by atoms with Gasteiger partial charge in [-0.1, -0.05) is 164 Å². The molecule has 0 nitrogen and oxygen atoms in total. The molecule has 0 unspecified atom stereocenters. The highest BCUT2D eigenvalue weighted by Gasteiger charge is 2.19. The minimum Gasteiger partial charge on any atom is -0.135 e. The molecule has 11 aromatic rings. The first-order valence-electron chi connectivity index (χ1n) is 17.6. The fraction of sp³-hybridized carbons (Fsp3) is 0. The Balaban J connectivity index is 1.12. The Morgan fingerprint density at radius 3 is 1.53 bits per heavy atom.